The highest BCUT2D eigenvalue weighted by Crippen LogP contribution is 2.27. The van der Waals surface area contributed by atoms with Gasteiger partial charge < -0.3 is 9.64 Å². The summed E-state index contributed by atoms with van der Waals surface area (Å²) in [6.45, 7) is 14.3. The highest BCUT2D eigenvalue weighted by atomic mass is 16.5. The fourth-order valence-corrected chi connectivity index (χ4v) is 2.94. The molecule has 0 amide bonds. The van der Waals surface area contributed by atoms with Crippen LogP contribution in [0.3, 0.4) is 0 Å². The van der Waals surface area contributed by atoms with Crippen LogP contribution < -0.4 is 0 Å². The molecule has 0 radical (unpaired) electrons. The third-order valence-corrected chi connectivity index (χ3v) is 4.52. The Hall–Kier alpha value is -3.33. The van der Waals surface area contributed by atoms with Crippen LogP contribution in [-0.2, 0) is 4.74 Å². The molecule has 3 nitrogen and oxygen atoms in total. The standard InChI is InChI=1S/C24H24N2O/c1-6-17(3)27-18(4)16-23(26(5)7-2)22-15-14-20-13-12-19-10-8-9-11-21(19)24(20)25-22/h6,8-16H,1,3-4,7H2,2,5H3/b23-16-. The van der Waals surface area contributed by atoms with Crippen LogP contribution in [0.1, 0.15) is 12.6 Å². The van der Waals surface area contributed by atoms with Crippen LogP contribution in [0.5, 0.6) is 0 Å². The van der Waals surface area contributed by atoms with Crippen LogP contribution >= 0.6 is 0 Å². The van der Waals surface area contributed by atoms with Gasteiger partial charge in [-0.1, -0.05) is 62.2 Å². The fraction of sp³-hybridized carbons (Fsp3) is 0.125. The Kier molecular flexibility index (Phi) is 5.41. The first-order chi connectivity index (χ1) is 13.0. The van der Waals surface area contributed by atoms with Crippen molar-refractivity contribution in [2.75, 3.05) is 13.6 Å². The van der Waals surface area contributed by atoms with Crippen molar-refractivity contribution in [1.29, 1.82) is 0 Å². The Balaban J connectivity index is 2.12. The molecule has 0 atom stereocenters. The summed E-state index contributed by atoms with van der Waals surface area (Å²) in [6, 6.07) is 16.7. The Morgan fingerprint density at radius 2 is 1.74 bits per heavy atom. The molecule has 0 spiro atoms. The van der Waals surface area contributed by atoms with Gasteiger partial charge >= 0.3 is 0 Å². The minimum atomic E-state index is 0.465. The molecule has 1 aromatic heterocycles. The Morgan fingerprint density at radius 3 is 2.48 bits per heavy atom. The Morgan fingerprint density at radius 1 is 1.04 bits per heavy atom. The molecule has 0 aliphatic heterocycles. The van der Waals surface area contributed by atoms with Gasteiger partial charge in [0.15, 0.2) is 0 Å². The van der Waals surface area contributed by atoms with Gasteiger partial charge in [0, 0.05) is 30.4 Å². The third-order valence-electron chi connectivity index (χ3n) is 4.52. The van der Waals surface area contributed by atoms with E-state index in [1.807, 2.05) is 31.3 Å². The van der Waals surface area contributed by atoms with Crippen LogP contribution in [0.25, 0.3) is 27.4 Å². The predicted octanol–water partition coefficient (Wildman–Crippen LogP) is 5.91. The molecule has 0 bridgehead atoms. The zero-order valence-electron chi connectivity index (χ0n) is 15.9. The summed E-state index contributed by atoms with van der Waals surface area (Å²) in [4.78, 5) is 7.09. The summed E-state index contributed by atoms with van der Waals surface area (Å²) < 4.78 is 5.57. The summed E-state index contributed by atoms with van der Waals surface area (Å²) in [7, 11) is 2.02. The molecule has 0 aliphatic rings. The molecule has 0 saturated heterocycles. The first kappa shape index (κ1) is 18.5. The van der Waals surface area contributed by atoms with Crippen molar-refractivity contribution in [3.8, 4) is 0 Å². The maximum absolute atomic E-state index is 5.57. The second-order valence-electron chi connectivity index (χ2n) is 6.34. The van der Waals surface area contributed by atoms with Gasteiger partial charge in [0.05, 0.1) is 16.9 Å². The van der Waals surface area contributed by atoms with E-state index in [1.54, 1.807) is 6.08 Å². The quantitative estimate of drug-likeness (QED) is 0.299. The average Bonchev–Trinajstić information content (AvgIpc) is 2.70. The van der Waals surface area contributed by atoms with Crippen molar-refractivity contribution in [3.63, 3.8) is 0 Å². The van der Waals surface area contributed by atoms with Crippen molar-refractivity contribution in [2.45, 2.75) is 6.92 Å². The van der Waals surface area contributed by atoms with Gasteiger partial charge in [-0.2, -0.15) is 0 Å². The highest BCUT2D eigenvalue weighted by Gasteiger charge is 2.11. The Labute approximate surface area is 160 Å². The van der Waals surface area contributed by atoms with Gasteiger partial charge in [-0.3, -0.25) is 0 Å². The van der Waals surface area contributed by atoms with Crippen molar-refractivity contribution in [1.82, 2.24) is 9.88 Å². The maximum Gasteiger partial charge on any atom is 0.122 e. The molecule has 27 heavy (non-hydrogen) atoms. The summed E-state index contributed by atoms with van der Waals surface area (Å²) in [6.07, 6.45) is 3.44. The smallest absolute Gasteiger partial charge is 0.122 e. The van der Waals surface area contributed by atoms with Crippen LogP contribution in [0.2, 0.25) is 0 Å². The molecular formula is C24H24N2O. The highest BCUT2D eigenvalue weighted by molar-refractivity contribution is 6.05. The monoisotopic (exact) mass is 356 g/mol. The van der Waals surface area contributed by atoms with Crippen molar-refractivity contribution >= 4 is 27.4 Å². The molecule has 0 N–H and O–H groups in total. The summed E-state index contributed by atoms with van der Waals surface area (Å²) in [5.74, 6) is 0.960. The maximum atomic E-state index is 5.57. The number of aromatic nitrogens is 1. The first-order valence-electron chi connectivity index (χ1n) is 8.93. The zero-order chi connectivity index (χ0) is 19.4. The molecule has 136 valence electrons. The van der Waals surface area contributed by atoms with E-state index in [1.165, 1.54) is 5.39 Å². The molecule has 0 unspecified atom stereocenters. The number of fused-ring (bicyclic) bond motifs is 3. The minimum Gasteiger partial charge on any atom is -0.459 e. The molecule has 3 rings (SSSR count). The molecule has 1 heterocycles. The van der Waals surface area contributed by atoms with Gasteiger partial charge in [0.2, 0.25) is 0 Å². The molecule has 0 aliphatic carbocycles. The molecular weight excluding hydrogens is 332 g/mol. The lowest BCUT2D eigenvalue weighted by atomic mass is 10.1. The second kappa shape index (κ2) is 7.92. The van der Waals surface area contributed by atoms with Gasteiger partial charge in [-0.05, 0) is 24.5 Å². The number of pyridine rings is 1. The normalized spacial score (nSPS) is 11.4. The van der Waals surface area contributed by atoms with Crippen molar-refractivity contribution in [3.05, 3.63) is 97.6 Å². The number of nitrogens with zero attached hydrogens (tertiary/aromatic N) is 2. The van der Waals surface area contributed by atoms with E-state index in [4.69, 9.17) is 9.72 Å². The van der Waals surface area contributed by atoms with Crippen LogP contribution in [0.15, 0.2) is 91.9 Å². The van der Waals surface area contributed by atoms with E-state index >= 15 is 0 Å². The van der Waals surface area contributed by atoms with E-state index in [0.29, 0.717) is 11.5 Å². The number of allylic oxidation sites excluding steroid dienone is 2. The minimum absolute atomic E-state index is 0.465. The van der Waals surface area contributed by atoms with Crippen LogP contribution in [0, 0.1) is 0 Å². The molecule has 3 aromatic rings. The summed E-state index contributed by atoms with van der Waals surface area (Å²) >= 11 is 0. The van der Waals surface area contributed by atoms with Crippen LogP contribution in [0.4, 0.5) is 0 Å². The number of ether oxygens (including phenoxy) is 1. The molecule has 0 fully saturated rings. The van der Waals surface area contributed by atoms with Gasteiger partial charge in [0.1, 0.15) is 11.5 Å². The van der Waals surface area contributed by atoms with Gasteiger partial charge in [-0.25, -0.2) is 4.98 Å². The van der Waals surface area contributed by atoms with E-state index in [9.17, 15) is 0 Å². The van der Waals surface area contributed by atoms with Gasteiger partial charge in [0.25, 0.3) is 0 Å². The zero-order valence-corrected chi connectivity index (χ0v) is 15.9. The lowest BCUT2D eigenvalue weighted by molar-refractivity contribution is 0.339. The number of hydrogen-bond donors (Lipinski definition) is 0. The van der Waals surface area contributed by atoms with E-state index in [0.717, 1.165) is 34.2 Å². The molecule has 3 heteroatoms. The SMILES string of the molecule is C=CC(=C)OC(=C)/C=C(/c1ccc2ccc3ccccc3c2n1)N(C)CC. The molecule has 0 saturated carbocycles. The topological polar surface area (TPSA) is 25.4 Å². The lowest BCUT2D eigenvalue weighted by Gasteiger charge is -2.21. The van der Waals surface area contributed by atoms with Crippen molar-refractivity contribution < 1.29 is 4.74 Å². The van der Waals surface area contributed by atoms with Gasteiger partial charge in [-0.15, -0.1) is 0 Å². The van der Waals surface area contributed by atoms with Crippen LogP contribution in [-0.4, -0.2) is 23.5 Å². The van der Waals surface area contributed by atoms with E-state index < -0.39 is 0 Å². The summed E-state index contributed by atoms with van der Waals surface area (Å²) in [5, 5.41) is 3.44. The Bertz CT molecular complexity index is 1060. The van der Waals surface area contributed by atoms with E-state index in [-0.39, 0.29) is 0 Å². The number of hydrogen-bond acceptors (Lipinski definition) is 3. The summed E-state index contributed by atoms with van der Waals surface area (Å²) in [5.41, 5.74) is 2.80. The first-order valence-corrected chi connectivity index (χ1v) is 8.93. The largest absolute Gasteiger partial charge is 0.459 e. The molecule has 2 aromatic carbocycles. The fourth-order valence-electron chi connectivity index (χ4n) is 2.94. The number of benzene rings is 2. The predicted molar refractivity (Wildman–Crippen MR) is 115 cm³/mol. The average molecular weight is 356 g/mol. The lowest BCUT2D eigenvalue weighted by Crippen LogP contribution is -2.17. The second-order valence-corrected chi connectivity index (χ2v) is 6.34. The number of rotatable bonds is 7. The third kappa shape index (κ3) is 3.93. The van der Waals surface area contributed by atoms with Crippen molar-refractivity contribution in [2.24, 2.45) is 0 Å². The van der Waals surface area contributed by atoms with E-state index in [2.05, 4.69) is 61.9 Å².